The molecule has 13 N–H and O–H groups in total. The number of nitrogens with one attached hydrogen (secondary N) is 10. The molecule has 0 spiro atoms. The van der Waals surface area contributed by atoms with E-state index in [-0.39, 0.29) is 70.6 Å². The van der Waals surface area contributed by atoms with Crippen LogP contribution in [0.3, 0.4) is 0 Å². The first-order chi connectivity index (χ1) is 32.2. The van der Waals surface area contributed by atoms with Crippen LogP contribution in [0.4, 0.5) is 9.59 Å². The minimum absolute atomic E-state index is 0.0264. The second-order valence-electron chi connectivity index (χ2n) is 19.4. The number of amides is 9. The smallest absolute Gasteiger partial charge is 0.407 e. The highest BCUT2D eigenvalue weighted by atomic mass is 16.6. The van der Waals surface area contributed by atoms with E-state index in [9.17, 15) is 48.3 Å². The molecule has 2 rings (SSSR count). The third-order valence-corrected chi connectivity index (χ3v) is 10.2. The number of nitrogens with two attached hydrogens (primary N) is 1. The average molecular weight is 974 g/mol. The van der Waals surface area contributed by atoms with Crippen LogP contribution in [0.1, 0.15) is 100.0 Å². The number of hydrogen-bond donors (Lipinski definition) is 12. The summed E-state index contributed by atoms with van der Waals surface area (Å²) in [6.07, 6.45) is -3.73. The Labute approximate surface area is 405 Å². The monoisotopic (exact) mass is 974 g/mol. The fourth-order valence-electron chi connectivity index (χ4n) is 6.74. The third kappa shape index (κ3) is 23.2. The minimum Gasteiger partial charge on any atom is -0.444 e. The molecule has 0 bridgehead atoms. The van der Waals surface area contributed by atoms with Gasteiger partial charge in [0.25, 0.3) is 0 Å². The van der Waals surface area contributed by atoms with Gasteiger partial charge in [-0.2, -0.15) is 0 Å². The van der Waals surface area contributed by atoms with Crippen molar-refractivity contribution in [1.29, 1.82) is 0 Å². The normalized spacial score (nSPS) is 23.7. The summed E-state index contributed by atoms with van der Waals surface area (Å²) in [5.74, 6) is -6.04. The number of carbonyl (C=O) groups is 9. The number of aliphatic hydroxyl groups excluding tert-OH is 1. The van der Waals surface area contributed by atoms with Gasteiger partial charge in [0.1, 0.15) is 47.5 Å². The summed E-state index contributed by atoms with van der Waals surface area (Å²) in [7, 11) is 1.65. The lowest BCUT2D eigenvalue weighted by Crippen LogP contribution is -2.61. The Balaban J connectivity index is 2.72. The van der Waals surface area contributed by atoms with Crippen molar-refractivity contribution in [3.05, 3.63) is 35.9 Å². The molecule has 0 aromatic heterocycles. The summed E-state index contributed by atoms with van der Waals surface area (Å²) in [5.41, 5.74) is 5.13. The Morgan fingerprint density at radius 1 is 0.652 bits per heavy atom. The second-order valence-corrected chi connectivity index (χ2v) is 19.4. The zero-order chi connectivity index (χ0) is 52.1. The van der Waals surface area contributed by atoms with E-state index in [0.29, 0.717) is 5.56 Å². The number of alkyl carbamates (subject to hydrolysis) is 2. The van der Waals surface area contributed by atoms with Crippen LogP contribution in [0, 0.1) is 5.92 Å². The summed E-state index contributed by atoms with van der Waals surface area (Å²) in [6, 6.07) is -0.871. The van der Waals surface area contributed by atoms with Gasteiger partial charge in [0.05, 0.1) is 12.1 Å². The molecule has 1 aliphatic heterocycles. The van der Waals surface area contributed by atoms with E-state index >= 15 is 0 Å². The maximum atomic E-state index is 14.4. The summed E-state index contributed by atoms with van der Waals surface area (Å²) in [4.78, 5) is 123. The number of carbonyl (C=O) groups excluding carboxylic acids is 9. The molecular formula is C45H76BN11O12. The molecular weight excluding hydrogens is 897 g/mol. The maximum absolute atomic E-state index is 14.4. The Morgan fingerprint density at radius 3 is 1.54 bits per heavy atom. The Morgan fingerprint density at radius 2 is 1.07 bits per heavy atom. The number of rotatable bonds is 14. The van der Waals surface area contributed by atoms with Gasteiger partial charge in [-0.1, -0.05) is 44.2 Å². The lowest BCUT2D eigenvalue weighted by molar-refractivity contribution is -0.136. The molecule has 8 atom stereocenters. The minimum atomic E-state index is -1.60. The summed E-state index contributed by atoms with van der Waals surface area (Å²) in [5, 5.41) is 37.0. The van der Waals surface area contributed by atoms with Gasteiger partial charge in [0.2, 0.25) is 41.4 Å². The molecule has 1 heterocycles. The molecule has 0 radical (unpaired) electrons. The van der Waals surface area contributed by atoms with Gasteiger partial charge in [-0.05, 0) is 98.6 Å². The molecule has 1 fully saturated rings. The first-order valence-corrected chi connectivity index (χ1v) is 23.3. The molecule has 23 nitrogen and oxygen atoms in total. The number of ether oxygens (including phenoxy) is 2. The van der Waals surface area contributed by atoms with Crippen molar-refractivity contribution in [1.82, 2.24) is 53.1 Å². The van der Waals surface area contributed by atoms with Crippen molar-refractivity contribution in [2.45, 2.75) is 160 Å². The zero-order valence-electron chi connectivity index (χ0n) is 41.7. The van der Waals surface area contributed by atoms with Gasteiger partial charge in [0, 0.05) is 26.1 Å². The summed E-state index contributed by atoms with van der Waals surface area (Å²) < 4.78 is 10.6. The first-order valence-electron chi connectivity index (χ1n) is 23.3. The summed E-state index contributed by atoms with van der Waals surface area (Å²) >= 11 is 0. The van der Waals surface area contributed by atoms with E-state index in [1.54, 1.807) is 93.7 Å². The molecule has 0 saturated carbocycles. The predicted octanol–water partition coefficient (Wildman–Crippen LogP) is -2.23. The maximum Gasteiger partial charge on any atom is 0.407 e. The molecule has 69 heavy (non-hydrogen) atoms. The standard InChI is InChI=1S/C45H76BN11O12/c1-25(2)23-32-39(63)54-29(16-20-49-42(66)68-44(4,5)6)36(60)53-30(17-21-50-43(67)69-45(7,8)9)38(62)57-34(26(3)58)41(65)48-19-15-28(47)35(59)52-31(18-22-51-46)37(61)56-33(40(64)55-32)24-27-13-11-10-12-14-27/h10-14,25-26,28-34,51,58H,15-24,46-47H2,1-9H3,(H,48,65)(H,49,66)(H,50,67)(H,52,59)(H,53,60)(H,54,63)(H,55,64)(H,56,61)(H,57,62)/t26-,28+,29+,30+,31+,32+,33-,34+/m1/s1. The van der Waals surface area contributed by atoms with Crippen LogP contribution in [-0.2, 0) is 49.5 Å². The lowest BCUT2D eigenvalue weighted by Gasteiger charge is -2.29. The quantitative estimate of drug-likeness (QED) is 0.0879. The SMILES string of the molecule is BNCC[C@@H]1NC(=O)[C@@H](N)CCNC(=O)[C@H]([C@@H](C)O)NC(=O)[C@H](CCNC(=O)OC(C)(C)C)NC(=O)[C@H](CCNC(=O)OC(C)(C)C)NC(=O)[C@H](CC(C)C)NC(=O)[C@@H](Cc2ccccc2)NC1=O. The van der Waals surface area contributed by atoms with E-state index in [4.69, 9.17) is 15.2 Å². The highest BCUT2D eigenvalue weighted by molar-refractivity contribution is 6.04. The van der Waals surface area contributed by atoms with Gasteiger partial charge in [0.15, 0.2) is 7.98 Å². The van der Waals surface area contributed by atoms with Crippen LogP contribution in [0.15, 0.2) is 30.3 Å². The largest absolute Gasteiger partial charge is 0.444 e. The molecule has 1 saturated heterocycles. The van der Waals surface area contributed by atoms with Gasteiger partial charge < -0.3 is 73.4 Å². The Bertz CT molecular complexity index is 1900. The molecule has 386 valence electrons. The number of aliphatic hydroxyl groups is 1. The van der Waals surface area contributed by atoms with Crippen LogP contribution in [0.2, 0.25) is 0 Å². The van der Waals surface area contributed by atoms with Crippen LogP contribution >= 0.6 is 0 Å². The van der Waals surface area contributed by atoms with Gasteiger partial charge in [-0.15, -0.1) is 0 Å². The van der Waals surface area contributed by atoms with Crippen LogP contribution in [-0.4, -0.2) is 152 Å². The van der Waals surface area contributed by atoms with Crippen molar-refractivity contribution in [2.24, 2.45) is 11.7 Å². The van der Waals surface area contributed by atoms with E-state index in [0.717, 1.165) is 0 Å². The average Bonchev–Trinajstić information content (AvgIpc) is 3.23. The van der Waals surface area contributed by atoms with Crippen molar-refractivity contribution in [2.75, 3.05) is 26.2 Å². The Hall–Kier alpha value is -6.01. The zero-order valence-corrected chi connectivity index (χ0v) is 41.7. The molecule has 1 aromatic carbocycles. The van der Waals surface area contributed by atoms with E-state index < -0.39 is 113 Å². The number of hydrogen-bond acceptors (Lipinski definition) is 14. The van der Waals surface area contributed by atoms with Crippen molar-refractivity contribution in [3.63, 3.8) is 0 Å². The van der Waals surface area contributed by atoms with Crippen LogP contribution in [0.5, 0.6) is 0 Å². The molecule has 9 amide bonds. The molecule has 0 aliphatic carbocycles. The predicted molar refractivity (Wildman–Crippen MR) is 257 cm³/mol. The van der Waals surface area contributed by atoms with Crippen LogP contribution < -0.4 is 58.8 Å². The van der Waals surface area contributed by atoms with Gasteiger partial charge >= 0.3 is 12.2 Å². The highest BCUT2D eigenvalue weighted by Crippen LogP contribution is 2.12. The fraction of sp³-hybridized carbons (Fsp3) is 0.667. The third-order valence-electron chi connectivity index (χ3n) is 10.2. The number of benzene rings is 1. The van der Waals surface area contributed by atoms with Crippen molar-refractivity contribution < 1.29 is 57.7 Å². The van der Waals surface area contributed by atoms with E-state index in [2.05, 4.69) is 53.1 Å². The molecule has 1 aliphatic rings. The molecule has 0 unspecified atom stereocenters. The summed E-state index contributed by atoms with van der Waals surface area (Å²) in [6.45, 7) is 14.3. The van der Waals surface area contributed by atoms with E-state index in [1.807, 2.05) is 0 Å². The molecule has 24 heteroatoms. The van der Waals surface area contributed by atoms with E-state index in [1.165, 1.54) is 6.92 Å². The second kappa shape index (κ2) is 28.5. The van der Waals surface area contributed by atoms with Crippen LogP contribution in [0.25, 0.3) is 0 Å². The Kier molecular flexibility index (Phi) is 24.4. The first kappa shape index (κ1) is 59.1. The van der Waals surface area contributed by atoms with Crippen molar-refractivity contribution >= 4 is 61.5 Å². The lowest BCUT2D eigenvalue weighted by atomic mass is 10.00. The topological polar surface area (TPSA) is 339 Å². The van der Waals surface area contributed by atoms with Crippen molar-refractivity contribution in [3.8, 4) is 0 Å². The fourth-order valence-corrected chi connectivity index (χ4v) is 6.74. The highest BCUT2D eigenvalue weighted by Gasteiger charge is 2.35. The van der Waals surface area contributed by atoms with Gasteiger partial charge in [-0.3, -0.25) is 33.6 Å². The van der Waals surface area contributed by atoms with Gasteiger partial charge in [-0.25, -0.2) is 9.59 Å². The molecule has 1 aromatic rings.